The van der Waals surface area contributed by atoms with E-state index in [1.54, 1.807) is 24.3 Å². The molecule has 2 N–H and O–H groups in total. The SMILES string of the molecule is CC1CN(C(=O)c2ccc(NC(=O)CC3CSCCN3)cc2)CC(C)O1. The highest BCUT2D eigenvalue weighted by molar-refractivity contribution is 7.99. The van der Waals surface area contributed by atoms with Crippen LogP contribution in [0.5, 0.6) is 0 Å². The standard InChI is InChI=1S/C19H27N3O3S/c1-13-10-22(11-14(2)25-13)19(24)15-3-5-16(6-4-15)21-18(23)9-17-12-26-8-7-20-17/h3-6,13-14,17,20H,7-12H2,1-2H3,(H,21,23). The van der Waals surface area contributed by atoms with Gasteiger partial charge >= 0.3 is 0 Å². The average Bonchev–Trinajstić information content (AvgIpc) is 2.61. The lowest BCUT2D eigenvalue weighted by Crippen LogP contribution is -2.48. The fourth-order valence-electron chi connectivity index (χ4n) is 3.41. The highest BCUT2D eigenvalue weighted by atomic mass is 32.2. The van der Waals surface area contributed by atoms with Crippen LogP contribution in [-0.4, -0.2) is 66.1 Å². The number of hydrogen-bond acceptors (Lipinski definition) is 5. The van der Waals surface area contributed by atoms with E-state index in [1.165, 1.54) is 0 Å². The van der Waals surface area contributed by atoms with E-state index in [1.807, 2.05) is 30.5 Å². The van der Waals surface area contributed by atoms with Crippen LogP contribution in [0.25, 0.3) is 0 Å². The maximum atomic E-state index is 12.7. The van der Waals surface area contributed by atoms with Crippen molar-refractivity contribution in [2.75, 3.05) is 36.5 Å². The smallest absolute Gasteiger partial charge is 0.254 e. The van der Waals surface area contributed by atoms with E-state index in [4.69, 9.17) is 4.74 Å². The molecule has 0 bridgehead atoms. The predicted molar refractivity (Wildman–Crippen MR) is 105 cm³/mol. The van der Waals surface area contributed by atoms with Crippen LogP contribution in [0.1, 0.15) is 30.6 Å². The second-order valence-electron chi connectivity index (χ2n) is 7.02. The van der Waals surface area contributed by atoms with E-state index in [-0.39, 0.29) is 30.1 Å². The van der Waals surface area contributed by atoms with Gasteiger partial charge in [-0.15, -0.1) is 0 Å². The molecular formula is C19H27N3O3S. The number of hydrogen-bond donors (Lipinski definition) is 2. The van der Waals surface area contributed by atoms with Gasteiger partial charge < -0.3 is 20.3 Å². The molecule has 0 radical (unpaired) electrons. The highest BCUT2D eigenvalue weighted by Gasteiger charge is 2.26. The number of morpholine rings is 1. The molecule has 1 aromatic rings. The van der Waals surface area contributed by atoms with Gasteiger partial charge in [0.1, 0.15) is 0 Å². The van der Waals surface area contributed by atoms with Gasteiger partial charge in [-0.2, -0.15) is 11.8 Å². The first-order valence-corrected chi connectivity index (χ1v) is 10.3. The lowest BCUT2D eigenvalue weighted by molar-refractivity contribution is -0.116. The van der Waals surface area contributed by atoms with E-state index in [9.17, 15) is 9.59 Å². The van der Waals surface area contributed by atoms with Crippen LogP contribution in [0.3, 0.4) is 0 Å². The van der Waals surface area contributed by atoms with Crippen molar-refractivity contribution in [3.8, 4) is 0 Å². The molecule has 2 heterocycles. The summed E-state index contributed by atoms with van der Waals surface area (Å²) >= 11 is 1.88. The highest BCUT2D eigenvalue weighted by Crippen LogP contribution is 2.17. The molecule has 2 saturated heterocycles. The lowest BCUT2D eigenvalue weighted by Gasteiger charge is -2.35. The van der Waals surface area contributed by atoms with Gasteiger partial charge in [-0.1, -0.05) is 0 Å². The van der Waals surface area contributed by atoms with Crippen LogP contribution >= 0.6 is 11.8 Å². The van der Waals surface area contributed by atoms with Crippen molar-refractivity contribution in [1.82, 2.24) is 10.2 Å². The Bertz CT molecular complexity index is 621. The van der Waals surface area contributed by atoms with Gasteiger partial charge in [-0.25, -0.2) is 0 Å². The van der Waals surface area contributed by atoms with E-state index in [0.717, 1.165) is 23.7 Å². The van der Waals surface area contributed by atoms with Gasteiger partial charge in [0.05, 0.1) is 12.2 Å². The van der Waals surface area contributed by atoms with Crippen LogP contribution in [0.4, 0.5) is 5.69 Å². The maximum Gasteiger partial charge on any atom is 0.254 e. The molecule has 0 aromatic heterocycles. The number of thioether (sulfide) groups is 1. The van der Waals surface area contributed by atoms with Gasteiger partial charge in [0, 0.05) is 54.9 Å². The molecule has 26 heavy (non-hydrogen) atoms. The number of rotatable bonds is 4. The third kappa shape index (κ3) is 5.22. The number of benzene rings is 1. The molecule has 2 aliphatic heterocycles. The average molecular weight is 378 g/mol. The molecular weight excluding hydrogens is 350 g/mol. The number of ether oxygens (including phenoxy) is 1. The van der Waals surface area contributed by atoms with Crippen molar-refractivity contribution in [1.29, 1.82) is 0 Å². The monoisotopic (exact) mass is 377 g/mol. The Hall–Kier alpha value is -1.57. The van der Waals surface area contributed by atoms with Crippen LogP contribution in [0.2, 0.25) is 0 Å². The third-order valence-electron chi connectivity index (χ3n) is 4.55. The first kappa shape index (κ1) is 19.2. The number of nitrogens with zero attached hydrogens (tertiary/aromatic N) is 1. The van der Waals surface area contributed by atoms with Crippen LogP contribution < -0.4 is 10.6 Å². The molecule has 142 valence electrons. The Balaban J connectivity index is 1.54. The zero-order chi connectivity index (χ0) is 18.5. The van der Waals surface area contributed by atoms with Crippen molar-refractivity contribution < 1.29 is 14.3 Å². The molecule has 0 aliphatic carbocycles. The zero-order valence-electron chi connectivity index (χ0n) is 15.4. The number of nitrogens with one attached hydrogen (secondary N) is 2. The van der Waals surface area contributed by atoms with Gasteiger partial charge in [0.15, 0.2) is 0 Å². The fourth-order valence-corrected chi connectivity index (χ4v) is 4.36. The minimum atomic E-state index is -0.0000876. The number of carbonyl (C=O) groups excluding carboxylic acids is 2. The minimum absolute atomic E-state index is 0.0000876. The maximum absolute atomic E-state index is 12.7. The molecule has 1 aromatic carbocycles. The summed E-state index contributed by atoms with van der Waals surface area (Å²) in [5.41, 5.74) is 1.35. The molecule has 3 atom stereocenters. The summed E-state index contributed by atoms with van der Waals surface area (Å²) in [6, 6.07) is 7.37. The molecule has 7 heteroatoms. The summed E-state index contributed by atoms with van der Waals surface area (Å²) in [6.07, 6.45) is 0.567. The number of anilines is 1. The summed E-state index contributed by atoms with van der Waals surface area (Å²) in [4.78, 5) is 26.7. The van der Waals surface area contributed by atoms with E-state index < -0.39 is 0 Å². The van der Waals surface area contributed by atoms with Crippen LogP contribution in [0.15, 0.2) is 24.3 Å². The summed E-state index contributed by atoms with van der Waals surface area (Å²) in [7, 11) is 0. The lowest BCUT2D eigenvalue weighted by atomic mass is 10.1. The van der Waals surface area contributed by atoms with E-state index in [2.05, 4.69) is 10.6 Å². The largest absolute Gasteiger partial charge is 0.372 e. The minimum Gasteiger partial charge on any atom is -0.372 e. The normalized spacial score (nSPS) is 26.4. The Labute approximate surface area is 159 Å². The first-order valence-electron chi connectivity index (χ1n) is 9.17. The Kier molecular flexibility index (Phi) is 6.56. The summed E-state index contributed by atoms with van der Waals surface area (Å²) in [5, 5.41) is 6.28. The van der Waals surface area contributed by atoms with Gasteiger partial charge in [0.2, 0.25) is 5.91 Å². The van der Waals surface area contributed by atoms with Crippen molar-refractivity contribution in [2.24, 2.45) is 0 Å². The summed E-state index contributed by atoms with van der Waals surface area (Å²) in [6.45, 7) is 6.13. The third-order valence-corrected chi connectivity index (χ3v) is 5.68. The van der Waals surface area contributed by atoms with Crippen LogP contribution in [0, 0.1) is 0 Å². The van der Waals surface area contributed by atoms with E-state index in [0.29, 0.717) is 25.1 Å². The molecule has 6 nitrogen and oxygen atoms in total. The predicted octanol–water partition coefficient (Wildman–Crippen LogP) is 1.97. The van der Waals surface area contributed by atoms with Crippen molar-refractivity contribution in [2.45, 2.75) is 38.5 Å². The summed E-state index contributed by atoms with van der Waals surface area (Å²) < 4.78 is 5.68. The zero-order valence-corrected chi connectivity index (χ0v) is 16.2. The first-order chi connectivity index (χ1) is 12.5. The number of amides is 2. The Morgan fingerprint density at radius 2 is 1.92 bits per heavy atom. The summed E-state index contributed by atoms with van der Waals surface area (Å²) in [5.74, 6) is 2.08. The van der Waals surface area contributed by atoms with Crippen molar-refractivity contribution in [3.63, 3.8) is 0 Å². The van der Waals surface area contributed by atoms with Crippen molar-refractivity contribution >= 4 is 29.3 Å². The van der Waals surface area contributed by atoms with Crippen LogP contribution in [-0.2, 0) is 9.53 Å². The second kappa shape index (κ2) is 8.88. The van der Waals surface area contributed by atoms with Gasteiger partial charge in [-0.05, 0) is 38.1 Å². The number of carbonyl (C=O) groups is 2. The van der Waals surface area contributed by atoms with Crippen molar-refractivity contribution in [3.05, 3.63) is 29.8 Å². The second-order valence-corrected chi connectivity index (χ2v) is 8.17. The quantitative estimate of drug-likeness (QED) is 0.840. The molecule has 2 amide bonds. The van der Waals surface area contributed by atoms with Gasteiger partial charge in [-0.3, -0.25) is 9.59 Å². The van der Waals surface area contributed by atoms with E-state index >= 15 is 0 Å². The molecule has 2 fully saturated rings. The Morgan fingerprint density at radius 3 is 2.54 bits per heavy atom. The molecule has 0 spiro atoms. The molecule has 0 saturated carbocycles. The van der Waals surface area contributed by atoms with Gasteiger partial charge in [0.25, 0.3) is 5.91 Å². The molecule has 2 aliphatic rings. The fraction of sp³-hybridized carbons (Fsp3) is 0.579. The Morgan fingerprint density at radius 1 is 1.23 bits per heavy atom. The molecule has 3 rings (SSSR count). The molecule has 3 unspecified atom stereocenters. The topological polar surface area (TPSA) is 70.7 Å².